The number of piperazine rings is 1. The van der Waals surface area contributed by atoms with Gasteiger partial charge in [-0.25, -0.2) is 0 Å². The van der Waals surface area contributed by atoms with Crippen molar-refractivity contribution < 1.29 is 0 Å². The van der Waals surface area contributed by atoms with Crippen molar-refractivity contribution >= 4 is 23.0 Å². The first-order chi connectivity index (χ1) is 10.6. The zero-order valence-corrected chi connectivity index (χ0v) is 14.8. The lowest BCUT2D eigenvalue weighted by Crippen LogP contribution is -2.45. The standard InChI is InChI=1S/C17H28N4S/c1-14-6-4-7-16(15(14)2)19-17(22)18-8-5-9-21-12-10-20(3)11-13-21/h4,6-7H,5,8-13H2,1-3H3,(H2,18,19,22). The maximum Gasteiger partial charge on any atom is 0.170 e. The Bertz CT molecular complexity index is 495. The fourth-order valence-corrected chi connectivity index (χ4v) is 2.84. The molecule has 0 spiro atoms. The maximum absolute atomic E-state index is 5.38. The van der Waals surface area contributed by atoms with E-state index >= 15 is 0 Å². The molecule has 1 aromatic carbocycles. The molecule has 0 radical (unpaired) electrons. The molecule has 122 valence electrons. The zero-order valence-electron chi connectivity index (χ0n) is 14.0. The SMILES string of the molecule is Cc1cccc(NC(=S)NCCCN2CCN(C)CC2)c1C. The molecule has 0 unspecified atom stereocenters. The smallest absolute Gasteiger partial charge is 0.170 e. The van der Waals surface area contributed by atoms with Crippen molar-refractivity contribution in [3.05, 3.63) is 29.3 Å². The molecule has 1 aromatic rings. The van der Waals surface area contributed by atoms with E-state index < -0.39 is 0 Å². The Kier molecular flexibility index (Phi) is 6.61. The summed E-state index contributed by atoms with van der Waals surface area (Å²) in [7, 11) is 2.19. The number of nitrogens with one attached hydrogen (secondary N) is 2. The van der Waals surface area contributed by atoms with E-state index in [2.05, 4.69) is 59.5 Å². The summed E-state index contributed by atoms with van der Waals surface area (Å²) >= 11 is 5.38. The van der Waals surface area contributed by atoms with E-state index in [1.165, 1.54) is 37.3 Å². The van der Waals surface area contributed by atoms with Crippen LogP contribution in [0.5, 0.6) is 0 Å². The first-order valence-electron chi connectivity index (χ1n) is 8.08. The monoisotopic (exact) mass is 320 g/mol. The van der Waals surface area contributed by atoms with Crippen LogP contribution in [0.3, 0.4) is 0 Å². The molecule has 2 rings (SSSR count). The molecule has 0 bridgehead atoms. The molecule has 1 aliphatic rings. The van der Waals surface area contributed by atoms with Gasteiger partial charge in [0.05, 0.1) is 0 Å². The van der Waals surface area contributed by atoms with Gasteiger partial charge in [0, 0.05) is 38.4 Å². The van der Waals surface area contributed by atoms with Crippen LogP contribution >= 0.6 is 12.2 Å². The summed E-state index contributed by atoms with van der Waals surface area (Å²) in [5.41, 5.74) is 3.63. The quantitative estimate of drug-likeness (QED) is 0.642. The Balaban J connectivity index is 1.65. The second kappa shape index (κ2) is 8.46. The van der Waals surface area contributed by atoms with Gasteiger partial charge in [-0.1, -0.05) is 12.1 Å². The summed E-state index contributed by atoms with van der Waals surface area (Å²) < 4.78 is 0. The Labute approximate surface area is 139 Å². The second-order valence-electron chi connectivity index (χ2n) is 6.13. The van der Waals surface area contributed by atoms with Gasteiger partial charge in [0.15, 0.2) is 5.11 Å². The number of aryl methyl sites for hydroxylation is 1. The molecule has 1 saturated heterocycles. The van der Waals surface area contributed by atoms with Crippen LogP contribution in [0.15, 0.2) is 18.2 Å². The lowest BCUT2D eigenvalue weighted by atomic mass is 10.1. The van der Waals surface area contributed by atoms with Gasteiger partial charge in [-0.2, -0.15) is 0 Å². The fraction of sp³-hybridized carbons (Fsp3) is 0.588. The average Bonchev–Trinajstić information content (AvgIpc) is 2.50. The van der Waals surface area contributed by atoms with E-state index in [1.54, 1.807) is 0 Å². The number of rotatable bonds is 5. The summed E-state index contributed by atoms with van der Waals surface area (Å²) in [6.07, 6.45) is 1.12. The highest BCUT2D eigenvalue weighted by molar-refractivity contribution is 7.80. The predicted molar refractivity (Wildman–Crippen MR) is 98.7 cm³/mol. The highest BCUT2D eigenvalue weighted by Crippen LogP contribution is 2.17. The molecule has 4 nitrogen and oxygen atoms in total. The third-order valence-electron chi connectivity index (χ3n) is 4.39. The highest BCUT2D eigenvalue weighted by atomic mass is 32.1. The topological polar surface area (TPSA) is 30.5 Å². The number of benzene rings is 1. The number of thiocarbonyl (C=S) groups is 1. The van der Waals surface area contributed by atoms with Crippen LogP contribution in [-0.4, -0.2) is 61.2 Å². The van der Waals surface area contributed by atoms with Crippen LogP contribution in [-0.2, 0) is 0 Å². The van der Waals surface area contributed by atoms with Crippen molar-refractivity contribution in [3.63, 3.8) is 0 Å². The van der Waals surface area contributed by atoms with E-state index in [1.807, 2.05) is 0 Å². The Morgan fingerprint density at radius 1 is 1.18 bits per heavy atom. The van der Waals surface area contributed by atoms with Gasteiger partial charge >= 0.3 is 0 Å². The van der Waals surface area contributed by atoms with Gasteiger partial charge in [-0.15, -0.1) is 0 Å². The first kappa shape index (κ1) is 17.2. The van der Waals surface area contributed by atoms with Crippen LogP contribution in [0.4, 0.5) is 5.69 Å². The third-order valence-corrected chi connectivity index (χ3v) is 4.63. The molecule has 22 heavy (non-hydrogen) atoms. The first-order valence-corrected chi connectivity index (χ1v) is 8.49. The average molecular weight is 321 g/mol. The Hall–Kier alpha value is -1.17. The third kappa shape index (κ3) is 5.23. The minimum atomic E-state index is 0.715. The van der Waals surface area contributed by atoms with E-state index in [4.69, 9.17) is 12.2 Å². The van der Waals surface area contributed by atoms with Gasteiger partial charge in [0.2, 0.25) is 0 Å². The Morgan fingerprint density at radius 2 is 1.91 bits per heavy atom. The van der Waals surface area contributed by atoms with E-state index in [0.717, 1.165) is 25.2 Å². The summed E-state index contributed by atoms with van der Waals surface area (Å²) in [5.74, 6) is 0. The van der Waals surface area contributed by atoms with Gasteiger partial charge in [-0.05, 0) is 63.3 Å². The number of likely N-dealkylation sites (N-methyl/N-ethyl adjacent to an activating group) is 1. The molecule has 5 heteroatoms. The number of hydrogen-bond donors (Lipinski definition) is 2. The zero-order chi connectivity index (χ0) is 15.9. The Morgan fingerprint density at radius 3 is 2.64 bits per heavy atom. The summed E-state index contributed by atoms with van der Waals surface area (Å²) in [6.45, 7) is 11.0. The molecular weight excluding hydrogens is 292 g/mol. The van der Waals surface area contributed by atoms with Gasteiger partial charge < -0.3 is 20.4 Å². The molecule has 2 N–H and O–H groups in total. The molecular formula is C17H28N4S. The number of hydrogen-bond acceptors (Lipinski definition) is 3. The van der Waals surface area contributed by atoms with Crippen LogP contribution < -0.4 is 10.6 Å². The van der Waals surface area contributed by atoms with Crippen LogP contribution in [0.1, 0.15) is 17.5 Å². The van der Waals surface area contributed by atoms with Crippen LogP contribution in [0.2, 0.25) is 0 Å². The van der Waals surface area contributed by atoms with E-state index in [9.17, 15) is 0 Å². The fourth-order valence-electron chi connectivity index (χ4n) is 2.63. The summed E-state index contributed by atoms with van der Waals surface area (Å²) in [4.78, 5) is 4.92. The van der Waals surface area contributed by atoms with Crippen molar-refractivity contribution in [2.75, 3.05) is 51.6 Å². The molecule has 1 aliphatic heterocycles. The molecule has 1 fully saturated rings. The predicted octanol–water partition coefficient (Wildman–Crippen LogP) is 2.23. The molecule has 0 atom stereocenters. The lowest BCUT2D eigenvalue weighted by molar-refractivity contribution is 0.153. The minimum Gasteiger partial charge on any atom is -0.362 e. The maximum atomic E-state index is 5.38. The number of nitrogens with zero attached hydrogens (tertiary/aromatic N) is 2. The normalized spacial score (nSPS) is 16.5. The van der Waals surface area contributed by atoms with Crippen molar-refractivity contribution in [2.45, 2.75) is 20.3 Å². The van der Waals surface area contributed by atoms with Crippen LogP contribution in [0, 0.1) is 13.8 Å². The van der Waals surface area contributed by atoms with Crippen LogP contribution in [0.25, 0.3) is 0 Å². The summed E-state index contributed by atoms with van der Waals surface area (Å²) in [6, 6.07) is 6.24. The molecule has 1 heterocycles. The minimum absolute atomic E-state index is 0.715. The van der Waals surface area contributed by atoms with Gasteiger partial charge in [0.25, 0.3) is 0 Å². The second-order valence-corrected chi connectivity index (χ2v) is 6.54. The summed E-state index contributed by atoms with van der Waals surface area (Å²) in [5, 5.41) is 7.32. The van der Waals surface area contributed by atoms with E-state index in [0.29, 0.717) is 5.11 Å². The number of anilines is 1. The molecule has 0 saturated carbocycles. The largest absolute Gasteiger partial charge is 0.362 e. The van der Waals surface area contributed by atoms with Gasteiger partial charge in [-0.3, -0.25) is 0 Å². The highest BCUT2D eigenvalue weighted by Gasteiger charge is 2.12. The van der Waals surface area contributed by atoms with Crippen molar-refractivity contribution in [2.24, 2.45) is 0 Å². The van der Waals surface area contributed by atoms with Crippen molar-refractivity contribution in [1.82, 2.24) is 15.1 Å². The molecule has 0 aliphatic carbocycles. The van der Waals surface area contributed by atoms with Gasteiger partial charge in [0.1, 0.15) is 0 Å². The van der Waals surface area contributed by atoms with Crippen molar-refractivity contribution in [3.8, 4) is 0 Å². The molecule has 0 amide bonds. The molecule has 0 aromatic heterocycles. The van der Waals surface area contributed by atoms with E-state index in [-0.39, 0.29) is 0 Å². The van der Waals surface area contributed by atoms with Crippen molar-refractivity contribution in [1.29, 1.82) is 0 Å². The lowest BCUT2D eigenvalue weighted by Gasteiger charge is -2.32.